The van der Waals surface area contributed by atoms with Crippen molar-refractivity contribution in [2.75, 3.05) is 23.7 Å². The summed E-state index contributed by atoms with van der Waals surface area (Å²) in [7, 11) is -4.25. The third kappa shape index (κ3) is 7.29. The molecule has 2 aromatic heterocycles. The Morgan fingerprint density at radius 3 is 2.42 bits per heavy atom. The number of hydrogen-bond donors (Lipinski definition) is 3. The van der Waals surface area contributed by atoms with Gasteiger partial charge in [-0.1, -0.05) is 12.1 Å². The summed E-state index contributed by atoms with van der Waals surface area (Å²) in [5.74, 6) is 1.18. The van der Waals surface area contributed by atoms with Gasteiger partial charge in [0, 0.05) is 25.4 Å². The first-order valence-electron chi connectivity index (χ1n) is 9.65. The molecule has 0 amide bonds. The van der Waals surface area contributed by atoms with Crippen LogP contribution in [0.15, 0.2) is 53.6 Å². The Labute approximate surface area is 188 Å². The lowest BCUT2D eigenvalue weighted by Gasteiger charge is -2.14. The zero-order valence-electron chi connectivity index (χ0n) is 17.6. The van der Waals surface area contributed by atoms with Crippen molar-refractivity contribution in [2.45, 2.75) is 25.1 Å². The lowest BCUT2D eigenvalue weighted by atomic mass is 10.3. The minimum absolute atomic E-state index is 0.111. The van der Waals surface area contributed by atoms with Crippen molar-refractivity contribution >= 4 is 27.5 Å². The third-order valence-corrected chi connectivity index (χ3v) is 5.60. The van der Waals surface area contributed by atoms with E-state index in [9.17, 15) is 21.6 Å². The largest absolute Gasteiger partial charge is 0.573 e. The van der Waals surface area contributed by atoms with E-state index in [0.717, 1.165) is 17.7 Å². The summed E-state index contributed by atoms with van der Waals surface area (Å²) in [5, 5.41) is 6.02. The standard InChI is InChI=1S/C20H21F3N6O3S/c1-13-7-8-24-17(11-13)29-19-12-18(27-14(2)28-19)25-9-10-26-33(30,31)16-6-4-3-5-15(16)32-20(21,22)23/h3-8,11-12,26H,9-10H2,1-2H3,(H2,24,25,27,28,29). The number of halogens is 3. The second kappa shape index (κ2) is 10.0. The fourth-order valence-electron chi connectivity index (χ4n) is 2.79. The first-order chi connectivity index (χ1) is 15.5. The lowest BCUT2D eigenvalue weighted by Crippen LogP contribution is -2.30. The number of aromatic nitrogens is 3. The summed E-state index contributed by atoms with van der Waals surface area (Å²) in [5.41, 5.74) is 1.02. The summed E-state index contributed by atoms with van der Waals surface area (Å²) >= 11 is 0. The van der Waals surface area contributed by atoms with Crippen LogP contribution in [0.25, 0.3) is 0 Å². The number of hydrogen-bond acceptors (Lipinski definition) is 8. The number of nitrogens with zero attached hydrogens (tertiary/aromatic N) is 3. The Hall–Kier alpha value is -3.45. The maximum atomic E-state index is 12.6. The Balaban J connectivity index is 1.61. The fraction of sp³-hybridized carbons (Fsp3) is 0.250. The first-order valence-corrected chi connectivity index (χ1v) is 11.1. The molecular formula is C20H21F3N6O3S. The second-order valence-corrected chi connectivity index (χ2v) is 8.58. The molecule has 0 aliphatic heterocycles. The number of para-hydroxylation sites is 1. The van der Waals surface area contributed by atoms with Crippen LogP contribution in [0.3, 0.4) is 0 Å². The molecule has 0 fully saturated rings. The number of anilines is 3. The molecule has 0 spiro atoms. The van der Waals surface area contributed by atoms with Crippen molar-refractivity contribution < 1.29 is 26.3 Å². The number of pyridine rings is 1. The molecule has 176 valence electrons. The van der Waals surface area contributed by atoms with Crippen molar-refractivity contribution in [1.29, 1.82) is 0 Å². The van der Waals surface area contributed by atoms with Gasteiger partial charge in [-0.2, -0.15) is 0 Å². The zero-order valence-corrected chi connectivity index (χ0v) is 18.5. The predicted octanol–water partition coefficient (Wildman–Crippen LogP) is 3.52. The molecule has 0 aliphatic carbocycles. The van der Waals surface area contributed by atoms with E-state index in [1.54, 1.807) is 19.2 Å². The number of alkyl halides is 3. The highest BCUT2D eigenvalue weighted by Gasteiger charge is 2.33. The molecule has 3 N–H and O–H groups in total. The molecule has 2 heterocycles. The van der Waals surface area contributed by atoms with Crippen LogP contribution in [-0.4, -0.2) is 42.8 Å². The highest BCUT2D eigenvalue weighted by atomic mass is 32.2. The molecule has 0 unspecified atom stereocenters. The van der Waals surface area contributed by atoms with Crippen LogP contribution in [0.4, 0.5) is 30.6 Å². The normalized spacial score (nSPS) is 11.8. The van der Waals surface area contributed by atoms with Crippen LogP contribution in [0.1, 0.15) is 11.4 Å². The van der Waals surface area contributed by atoms with Gasteiger partial charge in [0.25, 0.3) is 0 Å². The molecule has 0 aliphatic rings. The molecular weight excluding hydrogens is 461 g/mol. The van der Waals surface area contributed by atoms with E-state index in [1.165, 1.54) is 12.1 Å². The minimum Gasteiger partial charge on any atom is -0.404 e. The predicted molar refractivity (Wildman–Crippen MR) is 116 cm³/mol. The molecule has 0 atom stereocenters. The summed E-state index contributed by atoms with van der Waals surface area (Å²) in [6, 6.07) is 9.84. The van der Waals surface area contributed by atoms with E-state index < -0.39 is 27.0 Å². The van der Waals surface area contributed by atoms with E-state index in [1.807, 2.05) is 19.1 Å². The van der Waals surface area contributed by atoms with Crippen molar-refractivity contribution in [2.24, 2.45) is 0 Å². The summed E-state index contributed by atoms with van der Waals surface area (Å²) in [6.07, 6.45) is -3.35. The van der Waals surface area contributed by atoms with Gasteiger partial charge in [-0.15, -0.1) is 13.2 Å². The molecule has 33 heavy (non-hydrogen) atoms. The smallest absolute Gasteiger partial charge is 0.404 e. The monoisotopic (exact) mass is 482 g/mol. The molecule has 3 aromatic rings. The highest BCUT2D eigenvalue weighted by Crippen LogP contribution is 2.29. The summed E-state index contributed by atoms with van der Waals surface area (Å²) < 4.78 is 68.6. The Morgan fingerprint density at radius 1 is 0.970 bits per heavy atom. The van der Waals surface area contributed by atoms with Crippen LogP contribution < -0.4 is 20.1 Å². The second-order valence-electron chi connectivity index (χ2n) is 6.85. The quantitative estimate of drug-likeness (QED) is 0.397. The van der Waals surface area contributed by atoms with Gasteiger partial charge in [-0.05, 0) is 43.7 Å². The number of nitrogens with one attached hydrogen (secondary N) is 3. The summed E-state index contributed by atoms with van der Waals surface area (Å²) in [4.78, 5) is 12.1. The van der Waals surface area contributed by atoms with Gasteiger partial charge in [0.15, 0.2) is 0 Å². The highest BCUT2D eigenvalue weighted by molar-refractivity contribution is 7.89. The molecule has 1 aromatic carbocycles. The SMILES string of the molecule is Cc1ccnc(Nc2cc(NCCNS(=O)(=O)c3ccccc3OC(F)(F)F)nc(C)n2)c1. The molecule has 3 rings (SSSR count). The van der Waals surface area contributed by atoms with Crippen molar-refractivity contribution in [3.63, 3.8) is 0 Å². The van der Waals surface area contributed by atoms with Gasteiger partial charge in [0.05, 0.1) is 0 Å². The Bertz CT molecular complexity index is 1220. The van der Waals surface area contributed by atoms with E-state index in [2.05, 4.69) is 35.0 Å². The van der Waals surface area contributed by atoms with Gasteiger partial charge in [0.2, 0.25) is 10.0 Å². The fourth-order valence-corrected chi connectivity index (χ4v) is 3.95. The molecule has 0 bridgehead atoms. The van der Waals surface area contributed by atoms with Crippen LogP contribution in [0.5, 0.6) is 5.75 Å². The summed E-state index contributed by atoms with van der Waals surface area (Å²) in [6.45, 7) is 3.62. The Kier molecular flexibility index (Phi) is 7.33. The average Bonchev–Trinajstić information content (AvgIpc) is 2.70. The van der Waals surface area contributed by atoms with Gasteiger partial charge in [-0.3, -0.25) is 0 Å². The first kappa shape index (κ1) is 24.2. The number of rotatable bonds is 9. The molecule has 9 nitrogen and oxygen atoms in total. The topological polar surface area (TPSA) is 118 Å². The maximum absolute atomic E-state index is 12.6. The Morgan fingerprint density at radius 2 is 1.70 bits per heavy atom. The number of sulfonamides is 1. The van der Waals surface area contributed by atoms with Crippen LogP contribution >= 0.6 is 0 Å². The van der Waals surface area contributed by atoms with Gasteiger partial charge < -0.3 is 15.4 Å². The molecule has 13 heteroatoms. The lowest BCUT2D eigenvalue weighted by molar-refractivity contribution is -0.275. The number of ether oxygens (including phenoxy) is 1. The molecule has 0 saturated carbocycles. The van der Waals surface area contributed by atoms with Crippen molar-refractivity contribution in [1.82, 2.24) is 19.7 Å². The third-order valence-electron chi connectivity index (χ3n) is 4.10. The van der Waals surface area contributed by atoms with Gasteiger partial charge >= 0.3 is 6.36 Å². The van der Waals surface area contributed by atoms with E-state index in [-0.39, 0.29) is 13.1 Å². The minimum atomic E-state index is -5.02. The van der Waals surface area contributed by atoms with Crippen LogP contribution in [0, 0.1) is 13.8 Å². The van der Waals surface area contributed by atoms with E-state index in [4.69, 9.17) is 0 Å². The van der Waals surface area contributed by atoms with Crippen LogP contribution in [-0.2, 0) is 10.0 Å². The van der Waals surface area contributed by atoms with Crippen LogP contribution in [0.2, 0.25) is 0 Å². The zero-order chi connectivity index (χ0) is 24.1. The number of benzene rings is 1. The van der Waals surface area contributed by atoms with Gasteiger partial charge in [-0.25, -0.2) is 28.1 Å². The number of aryl methyl sites for hydroxylation is 2. The average molecular weight is 482 g/mol. The van der Waals surface area contributed by atoms with E-state index in [0.29, 0.717) is 23.3 Å². The molecule has 0 saturated heterocycles. The van der Waals surface area contributed by atoms with Crippen molar-refractivity contribution in [3.05, 3.63) is 60.0 Å². The van der Waals surface area contributed by atoms with Gasteiger partial charge in [0.1, 0.15) is 33.9 Å². The van der Waals surface area contributed by atoms with E-state index >= 15 is 0 Å². The molecule has 0 radical (unpaired) electrons. The maximum Gasteiger partial charge on any atom is 0.573 e. The van der Waals surface area contributed by atoms with Crippen molar-refractivity contribution in [3.8, 4) is 5.75 Å².